The van der Waals surface area contributed by atoms with Crippen molar-refractivity contribution in [2.24, 2.45) is 11.8 Å². The second kappa shape index (κ2) is 7.43. The van der Waals surface area contributed by atoms with Crippen LogP contribution in [0.4, 0.5) is 0 Å². The van der Waals surface area contributed by atoms with Gasteiger partial charge in [0.25, 0.3) is 0 Å². The van der Waals surface area contributed by atoms with E-state index in [0.29, 0.717) is 11.8 Å². The number of ether oxygens (including phenoxy) is 3. The molecule has 0 aliphatic carbocycles. The zero-order chi connectivity index (χ0) is 15.3. The second-order valence-electron chi connectivity index (χ2n) is 6.77. The first kappa shape index (κ1) is 17.2. The molecule has 3 nitrogen and oxygen atoms in total. The van der Waals surface area contributed by atoms with Gasteiger partial charge >= 0.3 is 0 Å². The van der Waals surface area contributed by atoms with Crippen molar-refractivity contribution >= 4 is 0 Å². The summed E-state index contributed by atoms with van der Waals surface area (Å²) in [6.07, 6.45) is 8.98. The van der Waals surface area contributed by atoms with E-state index in [4.69, 9.17) is 14.2 Å². The van der Waals surface area contributed by atoms with Gasteiger partial charge in [-0.05, 0) is 25.7 Å². The molecule has 0 N–H and O–H groups in total. The fourth-order valence-electron chi connectivity index (χ4n) is 3.65. The lowest BCUT2D eigenvalue weighted by atomic mass is 9.83. The molecule has 2 aliphatic rings. The van der Waals surface area contributed by atoms with Crippen LogP contribution in [-0.2, 0) is 14.2 Å². The highest BCUT2D eigenvalue weighted by Gasteiger charge is 2.58. The number of hydrogen-bond acceptors (Lipinski definition) is 3. The van der Waals surface area contributed by atoms with Gasteiger partial charge in [-0.15, -0.1) is 0 Å². The van der Waals surface area contributed by atoms with E-state index < -0.39 is 0 Å². The predicted octanol–water partition coefficient (Wildman–Crippen LogP) is 4.89. The Hall–Kier alpha value is -0.120. The highest BCUT2D eigenvalue weighted by molar-refractivity contribution is 4.95. The smallest absolute Gasteiger partial charge is 0.176 e. The summed E-state index contributed by atoms with van der Waals surface area (Å²) in [5.74, 6) is 0.326. The minimum atomic E-state index is -0.369. The zero-order valence-electron chi connectivity index (χ0n) is 14.5. The normalized spacial score (nSPS) is 38.9. The van der Waals surface area contributed by atoms with Crippen LogP contribution in [0.2, 0.25) is 0 Å². The minimum absolute atomic E-state index is 0.369. The monoisotopic (exact) mass is 298 g/mol. The minimum Gasteiger partial charge on any atom is -0.349 e. The first-order valence-corrected chi connectivity index (χ1v) is 9.14. The summed E-state index contributed by atoms with van der Waals surface area (Å²) in [4.78, 5) is 0. The number of unbranched alkanes of at least 4 members (excludes halogenated alkanes) is 2. The lowest BCUT2D eigenvalue weighted by Gasteiger charge is -2.58. The molecule has 0 bridgehead atoms. The molecule has 2 heterocycles. The Labute approximate surface area is 130 Å². The maximum atomic E-state index is 6.66. The van der Waals surface area contributed by atoms with Crippen LogP contribution in [0.15, 0.2) is 0 Å². The predicted molar refractivity (Wildman–Crippen MR) is 85.1 cm³/mol. The van der Waals surface area contributed by atoms with Crippen molar-refractivity contribution in [3.8, 4) is 0 Å². The van der Waals surface area contributed by atoms with Gasteiger partial charge < -0.3 is 14.2 Å². The van der Waals surface area contributed by atoms with Crippen LogP contribution in [0.5, 0.6) is 0 Å². The van der Waals surface area contributed by atoms with Crippen molar-refractivity contribution in [3.63, 3.8) is 0 Å². The first-order chi connectivity index (χ1) is 10.2. The third kappa shape index (κ3) is 3.30. The van der Waals surface area contributed by atoms with Gasteiger partial charge in [-0.25, -0.2) is 0 Å². The van der Waals surface area contributed by atoms with Gasteiger partial charge in [-0.3, -0.25) is 0 Å². The molecule has 124 valence electrons. The van der Waals surface area contributed by atoms with Gasteiger partial charge in [0.15, 0.2) is 11.6 Å². The van der Waals surface area contributed by atoms with Crippen molar-refractivity contribution in [2.45, 2.75) is 90.6 Å². The van der Waals surface area contributed by atoms with Gasteiger partial charge in [0.05, 0.1) is 13.2 Å². The highest BCUT2D eigenvalue weighted by Crippen LogP contribution is 2.50. The maximum Gasteiger partial charge on any atom is 0.176 e. The maximum absolute atomic E-state index is 6.66. The topological polar surface area (TPSA) is 27.7 Å². The Morgan fingerprint density at radius 3 is 1.48 bits per heavy atom. The first-order valence-electron chi connectivity index (χ1n) is 9.14. The van der Waals surface area contributed by atoms with Crippen LogP contribution >= 0.6 is 0 Å². The van der Waals surface area contributed by atoms with Crippen LogP contribution < -0.4 is 0 Å². The van der Waals surface area contributed by atoms with E-state index in [1.807, 2.05) is 0 Å². The molecule has 0 spiro atoms. The Kier molecular flexibility index (Phi) is 6.10. The van der Waals surface area contributed by atoms with Crippen LogP contribution in [0, 0.1) is 11.8 Å². The third-order valence-corrected chi connectivity index (χ3v) is 5.39. The fraction of sp³-hybridized carbons (Fsp3) is 1.00. The van der Waals surface area contributed by atoms with Crippen molar-refractivity contribution in [3.05, 3.63) is 0 Å². The molecule has 0 aromatic rings. The van der Waals surface area contributed by atoms with E-state index in [0.717, 1.165) is 51.7 Å². The summed E-state index contributed by atoms with van der Waals surface area (Å²) in [5.41, 5.74) is 0. The number of hydrogen-bond donors (Lipinski definition) is 0. The molecule has 2 rings (SSSR count). The molecule has 0 saturated carbocycles. The molecule has 2 aliphatic heterocycles. The van der Waals surface area contributed by atoms with Crippen molar-refractivity contribution in [2.75, 3.05) is 13.2 Å². The molecule has 4 unspecified atom stereocenters. The van der Waals surface area contributed by atoms with Crippen LogP contribution in [-0.4, -0.2) is 24.8 Å². The average Bonchev–Trinajstić information content (AvgIpc) is 2.45. The van der Waals surface area contributed by atoms with E-state index in [9.17, 15) is 0 Å². The van der Waals surface area contributed by atoms with E-state index >= 15 is 0 Å². The van der Waals surface area contributed by atoms with Crippen molar-refractivity contribution in [1.82, 2.24) is 0 Å². The molecule has 2 fully saturated rings. The number of rotatable bonds is 10. The molecule has 2 saturated heterocycles. The molecular formula is C18H34O3. The lowest BCUT2D eigenvalue weighted by molar-refractivity contribution is -0.470. The van der Waals surface area contributed by atoms with Gasteiger partial charge in [0, 0.05) is 24.7 Å². The van der Waals surface area contributed by atoms with Crippen molar-refractivity contribution < 1.29 is 14.2 Å². The summed E-state index contributed by atoms with van der Waals surface area (Å²) in [7, 11) is 0. The Bertz CT molecular complexity index is 286. The Morgan fingerprint density at radius 2 is 1.24 bits per heavy atom. The summed E-state index contributed by atoms with van der Waals surface area (Å²) < 4.78 is 18.7. The van der Waals surface area contributed by atoms with E-state index in [2.05, 4.69) is 27.7 Å². The van der Waals surface area contributed by atoms with Crippen LogP contribution in [0.25, 0.3) is 0 Å². The standard InChI is InChI=1S/C18H34O3/c1-5-9-11-17(15(7-3)13-19-17)21-18(12-10-6-2)16(8-4)14-20-18/h15-16H,5-14H2,1-4H3. The summed E-state index contributed by atoms with van der Waals surface area (Å²) in [5, 5.41) is 0. The largest absolute Gasteiger partial charge is 0.349 e. The molecule has 4 atom stereocenters. The van der Waals surface area contributed by atoms with Gasteiger partial charge in [0.2, 0.25) is 0 Å². The SMILES string of the molecule is CCCCC1(OC2(CCCC)OCC2CC)OCC1CC. The molecule has 0 amide bonds. The highest BCUT2D eigenvalue weighted by atomic mass is 16.8. The second-order valence-corrected chi connectivity index (χ2v) is 6.77. The van der Waals surface area contributed by atoms with Gasteiger partial charge in [-0.2, -0.15) is 0 Å². The van der Waals surface area contributed by atoms with Crippen LogP contribution in [0.3, 0.4) is 0 Å². The molecule has 21 heavy (non-hydrogen) atoms. The van der Waals surface area contributed by atoms with E-state index in [1.54, 1.807) is 0 Å². The molecule has 0 radical (unpaired) electrons. The molecular weight excluding hydrogens is 264 g/mol. The Morgan fingerprint density at radius 1 is 0.810 bits per heavy atom. The summed E-state index contributed by atoms with van der Waals surface area (Å²) in [6, 6.07) is 0. The van der Waals surface area contributed by atoms with Gasteiger partial charge in [-0.1, -0.05) is 40.5 Å². The van der Waals surface area contributed by atoms with E-state index in [1.165, 1.54) is 12.8 Å². The third-order valence-electron chi connectivity index (χ3n) is 5.39. The summed E-state index contributed by atoms with van der Waals surface area (Å²) >= 11 is 0. The van der Waals surface area contributed by atoms with Gasteiger partial charge in [0.1, 0.15) is 0 Å². The van der Waals surface area contributed by atoms with Crippen molar-refractivity contribution in [1.29, 1.82) is 0 Å². The fourth-order valence-corrected chi connectivity index (χ4v) is 3.65. The lowest BCUT2D eigenvalue weighted by Crippen LogP contribution is -2.65. The quantitative estimate of drug-likeness (QED) is 0.575. The van der Waals surface area contributed by atoms with E-state index in [-0.39, 0.29) is 11.6 Å². The molecule has 0 aromatic heterocycles. The zero-order valence-corrected chi connectivity index (χ0v) is 14.5. The Balaban J connectivity index is 2.08. The summed E-state index contributed by atoms with van der Waals surface area (Å²) in [6.45, 7) is 10.6. The molecule has 0 aromatic carbocycles. The molecule has 3 heteroatoms. The average molecular weight is 298 g/mol. The van der Waals surface area contributed by atoms with Crippen LogP contribution in [0.1, 0.15) is 79.1 Å².